The second-order valence-corrected chi connectivity index (χ2v) is 9.22. The first kappa shape index (κ1) is 27.6. The molecule has 2 aliphatic heterocycles. The number of halogens is 5. The summed E-state index contributed by atoms with van der Waals surface area (Å²) in [5.74, 6) is -6.57. The van der Waals surface area contributed by atoms with Crippen molar-refractivity contribution >= 4 is 34.6 Å². The summed E-state index contributed by atoms with van der Waals surface area (Å²) in [5, 5.41) is 23.1. The summed E-state index contributed by atoms with van der Waals surface area (Å²) in [6.45, 7) is -0.450. The van der Waals surface area contributed by atoms with Gasteiger partial charge < -0.3 is 19.9 Å². The number of fused-ring (bicyclic) bond motifs is 2. The minimum atomic E-state index is -5.30. The van der Waals surface area contributed by atoms with Crippen LogP contribution in [0.5, 0.6) is 11.5 Å². The van der Waals surface area contributed by atoms with Gasteiger partial charge in [-0.15, -0.1) is 0 Å². The fourth-order valence-corrected chi connectivity index (χ4v) is 4.85. The van der Waals surface area contributed by atoms with Crippen molar-refractivity contribution in [1.82, 2.24) is 0 Å². The number of nitro benzene ring substituents is 1. The number of nitrogens with zero attached hydrogens (tertiary/aromatic N) is 2. The summed E-state index contributed by atoms with van der Waals surface area (Å²) >= 11 is 0. The van der Waals surface area contributed by atoms with Crippen molar-refractivity contribution in [2.75, 3.05) is 23.4 Å². The highest BCUT2D eigenvalue weighted by atomic mass is 19.4. The number of rotatable bonds is 7. The molecule has 2 aliphatic rings. The van der Waals surface area contributed by atoms with Gasteiger partial charge >= 0.3 is 18.1 Å². The molecule has 0 aliphatic carbocycles. The zero-order valence-corrected chi connectivity index (χ0v) is 20.6. The maximum Gasteiger partial charge on any atom is 0.471 e. The predicted molar refractivity (Wildman–Crippen MR) is 131 cm³/mol. The number of hydrogen-bond acceptors (Lipinski definition) is 7. The monoisotopic (exact) mass is 579 g/mol. The van der Waals surface area contributed by atoms with Gasteiger partial charge in [0.2, 0.25) is 0 Å². The lowest BCUT2D eigenvalue weighted by Gasteiger charge is -2.29. The number of amides is 1. The number of hydrogen-bond donors (Lipinski definition) is 2. The number of para-hydroxylation sites is 1. The van der Waals surface area contributed by atoms with Gasteiger partial charge in [0.05, 0.1) is 35.7 Å². The van der Waals surface area contributed by atoms with E-state index in [0.717, 1.165) is 0 Å². The number of alkyl halides is 3. The van der Waals surface area contributed by atoms with Crippen LogP contribution in [0, 0.1) is 21.7 Å². The molecule has 41 heavy (non-hydrogen) atoms. The van der Waals surface area contributed by atoms with Crippen LogP contribution in [0.1, 0.15) is 29.5 Å². The summed E-state index contributed by atoms with van der Waals surface area (Å²) in [7, 11) is 0. The Morgan fingerprint density at radius 1 is 1.02 bits per heavy atom. The normalized spacial score (nSPS) is 17.2. The number of nitrogens with one attached hydrogen (secondary N) is 1. The standard InChI is InChI=1S/C26H18F5N3O7/c27-16-8-19(20(34(38)39)9-17(16)28)32-18-3-1-2-15-21(11-41-24(15)18)33(25(37)26(29,30)31)13-4-5-14-12(6-23(35)36)10-40-22(14)7-13/h1-5,7-9,12,21,32H,6,10-11H2,(H,35,36)/t12-,21-/m1/s1. The number of carboxylic acid groups (broad SMARTS) is 1. The van der Waals surface area contributed by atoms with Crippen molar-refractivity contribution in [2.45, 2.75) is 24.6 Å². The zero-order chi connectivity index (χ0) is 29.6. The lowest BCUT2D eigenvalue weighted by molar-refractivity contribution is -0.384. The molecule has 0 unspecified atom stereocenters. The van der Waals surface area contributed by atoms with E-state index in [1.165, 1.54) is 36.4 Å². The number of nitro groups is 1. The Kier molecular flexibility index (Phi) is 6.88. The molecule has 0 spiro atoms. The molecule has 0 bridgehead atoms. The Balaban J connectivity index is 1.53. The van der Waals surface area contributed by atoms with Crippen molar-refractivity contribution in [3.05, 3.63) is 81.4 Å². The SMILES string of the molecule is O=C(O)C[C@@H]1COc2cc(N(C(=O)C(F)(F)F)[C@@H]3COc4c(Nc5cc(F)c(F)cc5[N+](=O)[O-])cccc43)ccc21. The quantitative estimate of drug-likeness (QED) is 0.210. The van der Waals surface area contributed by atoms with Crippen LogP contribution in [0.25, 0.3) is 0 Å². The van der Waals surface area contributed by atoms with Gasteiger partial charge in [0.25, 0.3) is 5.69 Å². The number of ether oxygens (including phenoxy) is 2. The highest BCUT2D eigenvalue weighted by Crippen LogP contribution is 2.47. The van der Waals surface area contributed by atoms with Gasteiger partial charge in [-0.3, -0.25) is 24.6 Å². The van der Waals surface area contributed by atoms with Crippen LogP contribution in [0.2, 0.25) is 0 Å². The summed E-state index contributed by atoms with van der Waals surface area (Å²) in [4.78, 5) is 34.7. The molecule has 2 atom stereocenters. The number of aliphatic carboxylic acids is 1. The number of carboxylic acids is 1. The van der Waals surface area contributed by atoms with E-state index in [-0.39, 0.29) is 41.5 Å². The van der Waals surface area contributed by atoms with Crippen LogP contribution in [0.4, 0.5) is 44.7 Å². The predicted octanol–water partition coefficient (Wildman–Crippen LogP) is 5.60. The third-order valence-corrected chi connectivity index (χ3v) is 6.64. The Hall–Kier alpha value is -4.95. The van der Waals surface area contributed by atoms with E-state index in [1.807, 2.05) is 0 Å². The van der Waals surface area contributed by atoms with Gasteiger partial charge in [-0.2, -0.15) is 13.2 Å². The van der Waals surface area contributed by atoms with Gasteiger partial charge in [-0.05, 0) is 12.1 Å². The van der Waals surface area contributed by atoms with Gasteiger partial charge in [0.1, 0.15) is 23.8 Å². The van der Waals surface area contributed by atoms with E-state index < -0.39 is 64.6 Å². The van der Waals surface area contributed by atoms with Crippen LogP contribution in [-0.2, 0) is 9.59 Å². The van der Waals surface area contributed by atoms with Crippen molar-refractivity contribution in [2.24, 2.45) is 0 Å². The third kappa shape index (κ3) is 5.17. The summed E-state index contributed by atoms with van der Waals surface area (Å²) in [6, 6.07) is 7.60. The average molecular weight is 579 g/mol. The highest BCUT2D eigenvalue weighted by molar-refractivity contribution is 5.98. The average Bonchev–Trinajstić information content (AvgIpc) is 3.50. The molecule has 0 saturated carbocycles. The fourth-order valence-electron chi connectivity index (χ4n) is 4.85. The van der Waals surface area contributed by atoms with E-state index >= 15 is 0 Å². The van der Waals surface area contributed by atoms with Gasteiger partial charge in [0, 0.05) is 34.9 Å². The molecule has 3 aromatic rings. The number of benzene rings is 3. The molecule has 2 N–H and O–H groups in total. The molecule has 3 aromatic carbocycles. The minimum absolute atomic E-state index is 0.00117. The Morgan fingerprint density at radius 3 is 2.44 bits per heavy atom. The molecule has 5 rings (SSSR count). The molecule has 10 nitrogen and oxygen atoms in total. The lowest BCUT2D eigenvalue weighted by Crippen LogP contribution is -2.44. The van der Waals surface area contributed by atoms with E-state index in [1.54, 1.807) is 0 Å². The van der Waals surface area contributed by atoms with Crippen molar-refractivity contribution in [3.8, 4) is 11.5 Å². The van der Waals surface area contributed by atoms with Crippen LogP contribution in [-0.4, -0.2) is 41.3 Å². The largest absolute Gasteiger partial charge is 0.493 e. The Morgan fingerprint density at radius 2 is 1.76 bits per heavy atom. The second-order valence-electron chi connectivity index (χ2n) is 9.22. The van der Waals surface area contributed by atoms with Crippen LogP contribution < -0.4 is 19.7 Å². The number of carbonyl (C=O) groups excluding carboxylic acids is 1. The van der Waals surface area contributed by atoms with Crippen LogP contribution >= 0.6 is 0 Å². The molecule has 0 saturated heterocycles. The first-order valence-electron chi connectivity index (χ1n) is 11.9. The number of carbonyl (C=O) groups is 2. The van der Waals surface area contributed by atoms with E-state index in [4.69, 9.17) is 14.6 Å². The first-order chi connectivity index (χ1) is 19.3. The summed E-state index contributed by atoms with van der Waals surface area (Å²) in [6.07, 6.45) is -5.55. The zero-order valence-electron chi connectivity index (χ0n) is 20.6. The molecule has 2 heterocycles. The summed E-state index contributed by atoms with van der Waals surface area (Å²) < 4.78 is 80.0. The molecular weight excluding hydrogens is 561 g/mol. The smallest absolute Gasteiger partial charge is 0.471 e. The lowest BCUT2D eigenvalue weighted by atomic mass is 9.97. The van der Waals surface area contributed by atoms with Crippen molar-refractivity contribution in [3.63, 3.8) is 0 Å². The fraction of sp³-hybridized carbons (Fsp3) is 0.231. The summed E-state index contributed by atoms with van der Waals surface area (Å²) in [5.41, 5.74) is -0.875. The number of anilines is 3. The van der Waals surface area contributed by atoms with Crippen molar-refractivity contribution < 1.29 is 51.0 Å². The Labute approximate surface area is 227 Å². The van der Waals surface area contributed by atoms with Gasteiger partial charge in [-0.1, -0.05) is 18.2 Å². The van der Waals surface area contributed by atoms with E-state index in [0.29, 0.717) is 22.6 Å². The van der Waals surface area contributed by atoms with Crippen molar-refractivity contribution in [1.29, 1.82) is 0 Å². The van der Waals surface area contributed by atoms with Crippen LogP contribution in [0.15, 0.2) is 48.5 Å². The first-order valence-corrected chi connectivity index (χ1v) is 11.9. The maximum atomic E-state index is 13.9. The molecular formula is C26H18F5N3O7. The molecule has 0 aromatic heterocycles. The minimum Gasteiger partial charge on any atom is -0.493 e. The van der Waals surface area contributed by atoms with Gasteiger partial charge in [-0.25, -0.2) is 8.78 Å². The molecule has 214 valence electrons. The van der Waals surface area contributed by atoms with Crippen LogP contribution in [0.3, 0.4) is 0 Å². The molecule has 0 radical (unpaired) electrons. The molecule has 0 fully saturated rings. The van der Waals surface area contributed by atoms with Gasteiger partial charge in [0.15, 0.2) is 11.6 Å². The highest BCUT2D eigenvalue weighted by Gasteiger charge is 2.48. The van der Waals surface area contributed by atoms with E-state index in [2.05, 4.69) is 5.32 Å². The Bertz CT molecular complexity index is 1580. The maximum absolute atomic E-state index is 13.9. The van der Waals surface area contributed by atoms with E-state index in [9.17, 15) is 41.7 Å². The third-order valence-electron chi connectivity index (χ3n) is 6.64. The topological polar surface area (TPSA) is 131 Å². The molecule has 1 amide bonds. The second kappa shape index (κ2) is 10.2. The molecule has 15 heteroatoms.